The summed E-state index contributed by atoms with van der Waals surface area (Å²) >= 11 is 0. The third-order valence-electron chi connectivity index (χ3n) is 5.33. The zero-order chi connectivity index (χ0) is 19.4. The van der Waals surface area contributed by atoms with Crippen LogP contribution in [0.1, 0.15) is 30.9 Å². The van der Waals surface area contributed by atoms with Crippen LogP contribution in [-0.2, 0) is 12.0 Å². The fraction of sp³-hybridized carbons (Fsp3) is 0.409. The first-order valence-electron chi connectivity index (χ1n) is 9.78. The van der Waals surface area contributed by atoms with Crippen LogP contribution in [-0.4, -0.2) is 33.0 Å². The van der Waals surface area contributed by atoms with Gasteiger partial charge in [-0.05, 0) is 43.5 Å². The van der Waals surface area contributed by atoms with E-state index in [0.717, 1.165) is 54.7 Å². The van der Waals surface area contributed by atoms with Crippen molar-refractivity contribution in [3.05, 3.63) is 53.6 Å². The van der Waals surface area contributed by atoms with Gasteiger partial charge in [-0.1, -0.05) is 24.3 Å². The summed E-state index contributed by atoms with van der Waals surface area (Å²) in [5.74, 6) is 3.37. The first-order chi connectivity index (χ1) is 13.7. The van der Waals surface area contributed by atoms with E-state index < -0.39 is 0 Å². The average Bonchev–Trinajstić information content (AvgIpc) is 3.38. The molecule has 0 atom stereocenters. The highest BCUT2D eigenvalue weighted by atomic mass is 127. The van der Waals surface area contributed by atoms with Crippen molar-refractivity contribution in [2.75, 3.05) is 27.0 Å². The van der Waals surface area contributed by atoms with Crippen LogP contribution >= 0.6 is 24.0 Å². The van der Waals surface area contributed by atoms with E-state index in [-0.39, 0.29) is 36.2 Å². The Balaban J connectivity index is 0.00000240. The van der Waals surface area contributed by atoms with Crippen molar-refractivity contribution >= 4 is 29.9 Å². The molecule has 29 heavy (non-hydrogen) atoms. The Morgan fingerprint density at radius 3 is 2.66 bits per heavy atom. The summed E-state index contributed by atoms with van der Waals surface area (Å²) in [6.07, 6.45) is 2.31. The Morgan fingerprint density at radius 1 is 1.10 bits per heavy atom. The molecule has 1 aliphatic carbocycles. The molecule has 1 fully saturated rings. The van der Waals surface area contributed by atoms with E-state index in [4.69, 9.17) is 19.2 Å². The molecule has 0 unspecified atom stereocenters. The molecule has 4 rings (SSSR count). The predicted molar refractivity (Wildman–Crippen MR) is 125 cm³/mol. The van der Waals surface area contributed by atoms with Crippen molar-refractivity contribution in [2.45, 2.75) is 31.7 Å². The van der Waals surface area contributed by atoms with Gasteiger partial charge in [-0.2, -0.15) is 0 Å². The van der Waals surface area contributed by atoms with E-state index in [0.29, 0.717) is 6.54 Å². The van der Waals surface area contributed by atoms with Crippen LogP contribution in [0.3, 0.4) is 0 Å². The number of methoxy groups -OCH3 is 1. The molecule has 2 aliphatic rings. The first kappa shape index (κ1) is 21.5. The normalized spacial score (nSPS) is 16.0. The van der Waals surface area contributed by atoms with Gasteiger partial charge in [0.05, 0.1) is 13.7 Å². The Labute approximate surface area is 189 Å². The zero-order valence-electron chi connectivity index (χ0n) is 16.9. The van der Waals surface area contributed by atoms with Crippen molar-refractivity contribution in [1.29, 1.82) is 0 Å². The molecule has 1 saturated carbocycles. The average molecular weight is 509 g/mol. The molecule has 2 aromatic carbocycles. The molecule has 0 saturated heterocycles. The number of rotatable bonds is 7. The molecule has 2 aromatic rings. The van der Waals surface area contributed by atoms with E-state index in [1.54, 1.807) is 7.11 Å². The smallest absolute Gasteiger partial charge is 0.231 e. The standard InChI is InChI=1S/C22H27N3O3.HI/c1-3-23-21(24-13-16-8-9-19-20(12-16)28-15-27-19)25-14-22(10-11-22)17-6-4-5-7-18(17)26-2;/h4-9,12H,3,10-11,13-15H2,1-2H3,(H2,23,24,25);1H. The number of nitrogens with one attached hydrogen (secondary N) is 2. The molecular weight excluding hydrogens is 481 g/mol. The van der Waals surface area contributed by atoms with Gasteiger partial charge < -0.3 is 24.8 Å². The second kappa shape index (κ2) is 9.56. The summed E-state index contributed by atoms with van der Waals surface area (Å²) in [6, 6.07) is 14.3. The predicted octanol–water partition coefficient (Wildman–Crippen LogP) is 3.83. The Morgan fingerprint density at radius 2 is 1.90 bits per heavy atom. The minimum Gasteiger partial charge on any atom is -0.496 e. The lowest BCUT2D eigenvalue weighted by atomic mass is 9.95. The number of guanidine groups is 1. The first-order valence-corrected chi connectivity index (χ1v) is 9.78. The molecule has 6 nitrogen and oxygen atoms in total. The van der Waals surface area contributed by atoms with Gasteiger partial charge in [-0.3, -0.25) is 0 Å². The van der Waals surface area contributed by atoms with Crippen LogP contribution in [0.15, 0.2) is 47.5 Å². The van der Waals surface area contributed by atoms with Gasteiger partial charge in [0.1, 0.15) is 5.75 Å². The number of benzene rings is 2. The fourth-order valence-electron chi connectivity index (χ4n) is 3.58. The number of fused-ring (bicyclic) bond motifs is 1. The maximum absolute atomic E-state index is 5.57. The number of hydrogen-bond donors (Lipinski definition) is 2. The van der Waals surface area contributed by atoms with E-state index >= 15 is 0 Å². The molecule has 7 heteroatoms. The highest BCUT2D eigenvalue weighted by Crippen LogP contribution is 2.50. The maximum Gasteiger partial charge on any atom is 0.231 e. The van der Waals surface area contributed by atoms with Crippen molar-refractivity contribution < 1.29 is 14.2 Å². The number of para-hydroxylation sites is 1. The highest BCUT2D eigenvalue weighted by Gasteiger charge is 2.46. The van der Waals surface area contributed by atoms with Gasteiger partial charge in [0, 0.05) is 24.1 Å². The second-order valence-corrected chi connectivity index (χ2v) is 7.22. The van der Waals surface area contributed by atoms with Crippen molar-refractivity contribution in [2.24, 2.45) is 4.99 Å². The lowest BCUT2D eigenvalue weighted by Crippen LogP contribution is -2.41. The highest BCUT2D eigenvalue weighted by molar-refractivity contribution is 14.0. The molecule has 0 aromatic heterocycles. The topological polar surface area (TPSA) is 64.1 Å². The molecule has 0 bridgehead atoms. The summed E-state index contributed by atoms with van der Waals surface area (Å²) in [6.45, 7) is 4.59. The molecular formula is C22H28IN3O3. The minimum atomic E-state index is 0. The summed E-state index contributed by atoms with van der Waals surface area (Å²) in [5, 5.41) is 6.86. The number of hydrogen-bond acceptors (Lipinski definition) is 4. The van der Waals surface area contributed by atoms with Crippen LogP contribution in [0.4, 0.5) is 0 Å². The summed E-state index contributed by atoms with van der Waals surface area (Å²) in [5.41, 5.74) is 2.49. The lowest BCUT2D eigenvalue weighted by molar-refractivity contribution is 0.174. The fourth-order valence-corrected chi connectivity index (χ4v) is 3.58. The summed E-state index contributed by atoms with van der Waals surface area (Å²) in [4.78, 5) is 4.74. The molecule has 0 amide bonds. The van der Waals surface area contributed by atoms with E-state index in [1.807, 2.05) is 30.3 Å². The largest absolute Gasteiger partial charge is 0.496 e. The molecule has 1 aliphatic heterocycles. The van der Waals surface area contributed by atoms with E-state index in [1.165, 1.54) is 5.56 Å². The molecule has 2 N–H and O–H groups in total. The van der Waals surface area contributed by atoms with E-state index in [9.17, 15) is 0 Å². The number of ether oxygens (including phenoxy) is 3. The Bertz CT molecular complexity index is 868. The van der Waals surface area contributed by atoms with Crippen LogP contribution in [0.5, 0.6) is 17.2 Å². The van der Waals surface area contributed by atoms with Crippen molar-refractivity contribution in [1.82, 2.24) is 10.6 Å². The van der Waals surface area contributed by atoms with Crippen LogP contribution in [0, 0.1) is 0 Å². The van der Waals surface area contributed by atoms with Gasteiger partial charge in [0.2, 0.25) is 6.79 Å². The van der Waals surface area contributed by atoms with Gasteiger partial charge in [-0.25, -0.2) is 4.99 Å². The van der Waals surface area contributed by atoms with Crippen LogP contribution < -0.4 is 24.8 Å². The van der Waals surface area contributed by atoms with Gasteiger partial charge in [0.15, 0.2) is 17.5 Å². The number of aliphatic imine (C=N–C) groups is 1. The molecule has 0 radical (unpaired) electrons. The number of nitrogens with zero attached hydrogens (tertiary/aromatic N) is 1. The third-order valence-corrected chi connectivity index (χ3v) is 5.33. The Kier molecular flexibility index (Phi) is 7.10. The van der Waals surface area contributed by atoms with Crippen molar-refractivity contribution in [3.8, 4) is 17.2 Å². The SMILES string of the molecule is CCNC(=NCc1ccc2c(c1)OCO2)NCC1(c2ccccc2OC)CC1.I. The monoisotopic (exact) mass is 509 g/mol. The number of halogens is 1. The molecule has 0 spiro atoms. The third kappa shape index (κ3) is 4.88. The van der Waals surface area contributed by atoms with Crippen molar-refractivity contribution in [3.63, 3.8) is 0 Å². The van der Waals surface area contributed by atoms with Gasteiger partial charge in [0.25, 0.3) is 0 Å². The summed E-state index contributed by atoms with van der Waals surface area (Å²) in [7, 11) is 1.74. The molecule has 156 valence electrons. The van der Waals surface area contributed by atoms with Gasteiger partial charge >= 0.3 is 0 Å². The summed E-state index contributed by atoms with van der Waals surface area (Å²) < 4.78 is 16.4. The lowest BCUT2D eigenvalue weighted by Gasteiger charge is -2.21. The Hall–Kier alpha value is -2.16. The minimum absolute atomic E-state index is 0. The van der Waals surface area contributed by atoms with E-state index in [2.05, 4.69) is 29.7 Å². The second-order valence-electron chi connectivity index (χ2n) is 7.22. The quantitative estimate of drug-likeness (QED) is 0.338. The molecule has 1 heterocycles. The van der Waals surface area contributed by atoms with Gasteiger partial charge in [-0.15, -0.1) is 24.0 Å². The zero-order valence-corrected chi connectivity index (χ0v) is 19.2. The maximum atomic E-state index is 5.57. The van der Waals surface area contributed by atoms with Crippen LogP contribution in [0.2, 0.25) is 0 Å². The van der Waals surface area contributed by atoms with Crippen LogP contribution in [0.25, 0.3) is 0 Å².